The van der Waals surface area contributed by atoms with E-state index >= 15 is 0 Å². The van der Waals surface area contributed by atoms with Crippen molar-refractivity contribution < 1.29 is 4.79 Å². The Kier molecular flexibility index (Phi) is 6.99. The van der Waals surface area contributed by atoms with E-state index in [1.807, 2.05) is 30.2 Å². The number of amides is 2. The van der Waals surface area contributed by atoms with Crippen LogP contribution in [0.1, 0.15) is 30.6 Å². The molecule has 0 spiro atoms. The van der Waals surface area contributed by atoms with Gasteiger partial charge in [-0.3, -0.25) is 9.88 Å². The third kappa shape index (κ3) is 5.46. The highest BCUT2D eigenvalue weighted by atomic mass is 16.2. The van der Waals surface area contributed by atoms with Gasteiger partial charge in [0.2, 0.25) is 0 Å². The number of rotatable bonds is 6. The Hall–Kier alpha value is -1.66. The summed E-state index contributed by atoms with van der Waals surface area (Å²) in [7, 11) is 4.18. The minimum atomic E-state index is -0.0233. The van der Waals surface area contributed by atoms with Gasteiger partial charge in [0.05, 0.1) is 11.7 Å². The van der Waals surface area contributed by atoms with E-state index in [0.29, 0.717) is 0 Å². The number of aromatic nitrogens is 1. The zero-order valence-electron chi connectivity index (χ0n) is 15.5. The van der Waals surface area contributed by atoms with Gasteiger partial charge in [-0.25, -0.2) is 4.79 Å². The molecule has 6 heteroatoms. The predicted molar refractivity (Wildman–Crippen MR) is 97.1 cm³/mol. The van der Waals surface area contributed by atoms with E-state index in [1.54, 1.807) is 0 Å². The second-order valence-electron chi connectivity index (χ2n) is 6.80. The van der Waals surface area contributed by atoms with Crippen LogP contribution in [-0.4, -0.2) is 79.1 Å². The van der Waals surface area contributed by atoms with Crippen molar-refractivity contribution >= 4 is 6.03 Å². The average Bonchev–Trinajstić information content (AvgIpc) is 2.59. The number of pyridine rings is 1. The molecule has 0 aromatic carbocycles. The van der Waals surface area contributed by atoms with E-state index in [0.717, 1.165) is 56.9 Å². The molecule has 1 fully saturated rings. The van der Waals surface area contributed by atoms with Crippen molar-refractivity contribution in [1.29, 1.82) is 0 Å². The smallest absolute Gasteiger partial charge is 0.318 e. The number of hydrogen-bond acceptors (Lipinski definition) is 4. The number of nitrogens with one attached hydrogen (secondary N) is 1. The molecule has 0 radical (unpaired) electrons. The lowest BCUT2D eigenvalue weighted by Crippen LogP contribution is -2.53. The summed E-state index contributed by atoms with van der Waals surface area (Å²) in [6.45, 7) is 9.68. The van der Waals surface area contributed by atoms with E-state index in [4.69, 9.17) is 0 Å². The summed E-state index contributed by atoms with van der Waals surface area (Å²) in [6.07, 6.45) is 2.69. The molecule has 1 unspecified atom stereocenters. The summed E-state index contributed by atoms with van der Waals surface area (Å²) in [5, 5.41) is 3.13. The first-order valence-corrected chi connectivity index (χ1v) is 8.84. The number of urea groups is 1. The minimum absolute atomic E-state index is 0.0233. The molecule has 0 aliphatic carbocycles. The molecule has 0 bridgehead atoms. The highest BCUT2D eigenvalue weighted by molar-refractivity contribution is 5.74. The zero-order valence-corrected chi connectivity index (χ0v) is 15.5. The number of hydrogen-bond donors (Lipinski definition) is 1. The average molecular weight is 333 g/mol. The fourth-order valence-corrected chi connectivity index (χ4v) is 2.83. The summed E-state index contributed by atoms with van der Waals surface area (Å²) < 4.78 is 0. The van der Waals surface area contributed by atoms with Crippen LogP contribution in [0.5, 0.6) is 0 Å². The van der Waals surface area contributed by atoms with Crippen LogP contribution < -0.4 is 5.32 Å². The molecular formula is C18H31N5O. The van der Waals surface area contributed by atoms with Crippen LogP contribution >= 0.6 is 0 Å². The van der Waals surface area contributed by atoms with Crippen molar-refractivity contribution in [2.45, 2.75) is 26.3 Å². The van der Waals surface area contributed by atoms with Crippen LogP contribution in [0.2, 0.25) is 0 Å². The van der Waals surface area contributed by atoms with Crippen LogP contribution in [0, 0.1) is 6.92 Å². The summed E-state index contributed by atoms with van der Waals surface area (Å²) in [4.78, 5) is 23.5. The number of piperazine rings is 1. The monoisotopic (exact) mass is 333 g/mol. The first kappa shape index (κ1) is 18.7. The third-order valence-electron chi connectivity index (χ3n) is 4.52. The molecule has 0 saturated carbocycles. The molecule has 1 N–H and O–H groups in total. The Morgan fingerprint density at radius 1 is 1.29 bits per heavy atom. The van der Waals surface area contributed by atoms with Crippen molar-refractivity contribution in [3.8, 4) is 0 Å². The van der Waals surface area contributed by atoms with Crippen molar-refractivity contribution in [1.82, 2.24) is 25.0 Å². The van der Waals surface area contributed by atoms with Crippen LogP contribution in [0.3, 0.4) is 0 Å². The molecule has 134 valence electrons. The van der Waals surface area contributed by atoms with Crippen molar-refractivity contribution in [3.05, 3.63) is 29.6 Å². The van der Waals surface area contributed by atoms with Crippen molar-refractivity contribution in [2.75, 3.05) is 53.4 Å². The molecule has 1 saturated heterocycles. The molecule has 24 heavy (non-hydrogen) atoms. The van der Waals surface area contributed by atoms with E-state index in [2.05, 4.69) is 41.1 Å². The van der Waals surface area contributed by atoms with Gasteiger partial charge in [-0.1, -0.05) is 13.0 Å². The molecule has 1 atom stereocenters. The fraction of sp³-hybridized carbons (Fsp3) is 0.667. The summed E-state index contributed by atoms with van der Waals surface area (Å²) in [6, 6.07) is 4.05. The summed E-state index contributed by atoms with van der Waals surface area (Å²) >= 11 is 0. The molecule has 2 amide bonds. The van der Waals surface area contributed by atoms with E-state index in [9.17, 15) is 4.79 Å². The number of aryl methyl sites for hydroxylation is 1. The van der Waals surface area contributed by atoms with Gasteiger partial charge in [0.25, 0.3) is 0 Å². The van der Waals surface area contributed by atoms with Crippen LogP contribution in [0.4, 0.5) is 4.79 Å². The highest BCUT2D eigenvalue weighted by Crippen LogP contribution is 2.15. The predicted octanol–water partition coefficient (Wildman–Crippen LogP) is 1.73. The zero-order chi connectivity index (χ0) is 17.5. The van der Waals surface area contributed by atoms with Gasteiger partial charge in [-0.05, 0) is 39.1 Å². The van der Waals surface area contributed by atoms with Crippen molar-refractivity contribution in [2.24, 2.45) is 0 Å². The molecule has 1 aliphatic heterocycles. The summed E-state index contributed by atoms with van der Waals surface area (Å²) in [5.74, 6) is 0. The van der Waals surface area contributed by atoms with E-state index in [-0.39, 0.29) is 12.1 Å². The van der Waals surface area contributed by atoms with Gasteiger partial charge >= 0.3 is 6.03 Å². The lowest BCUT2D eigenvalue weighted by Gasteiger charge is -2.35. The topological polar surface area (TPSA) is 51.7 Å². The maximum Gasteiger partial charge on any atom is 0.318 e. The molecule has 2 heterocycles. The lowest BCUT2D eigenvalue weighted by molar-refractivity contribution is 0.131. The fourth-order valence-electron chi connectivity index (χ4n) is 2.83. The van der Waals surface area contributed by atoms with Gasteiger partial charge < -0.3 is 15.1 Å². The Bertz CT molecular complexity index is 509. The van der Waals surface area contributed by atoms with Gasteiger partial charge in [0.1, 0.15) is 0 Å². The third-order valence-corrected chi connectivity index (χ3v) is 4.52. The van der Waals surface area contributed by atoms with E-state index < -0.39 is 0 Å². The number of likely N-dealkylation sites (N-methyl/N-ethyl adjacent to an activating group) is 1. The van der Waals surface area contributed by atoms with E-state index in [1.165, 1.54) is 0 Å². The Labute approximate surface area is 145 Å². The van der Waals surface area contributed by atoms with Gasteiger partial charge in [0, 0.05) is 45.5 Å². The van der Waals surface area contributed by atoms with Crippen molar-refractivity contribution in [3.63, 3.8) is 0 Å². The van der Waals surface area contributed by atoms with Gasteiger partial charge in [0.15, 0.2) is 0 Å². The first-order valence-electron chi connectivity index (χ1n) is 8.84. The maximum absolute atomic E-state index is 12.5. The van der Waals surface area contributed by atoms with Gasteiger partial charge in [-0.2, -0.15) is 0 Å². The normalized spacial score (nSPS) is 17.1. The van der Waals surface area contributed by atoms with Crippen LogP contribution in [0.15, 0.2) is 18.3 Å². The molecule has 1 aliphatic rings. The van der Waals surface area contributed by atoms with Crippen LogP contribution in [-0.2, 0) is 0 Å². The minimum Gasteiger partial charge on any atom is -0.330 e. The maximum atomic E-state index is 12.5. The molecular weight excluding hydrogens is 302 g/mol. The molecule has 1 aromatic rings. The largest absolute Gasteiger partial charge is 0.330 e. The first-order chi connectivity index (χ1) is 11.5. The number of carbonyl (C=O) groups is 1. The Morgan fingerprint density at radius 2 is 2.00 bits per heavy atom. The Balaban J connectivity index is 1.82. The Morgan fingerprint density at radius 3 is 2.54 bits per heavy atom. The standard InChI is InChI=1S/C18H31N5O/c1-5-16(17-7-6-15(2)14-19-17)20-18(24)23-12-10-22(11-13-23)9-8-21(3)4/h6-7,14,16H,5,8-13H2,1-4H3,(H,20,24). The quantitative estimate of drug-likeness (QED) is 0.861. The SMILES string of the molecule is CCC(NC(=O)N1CCN(CCN(C)C)CC1)c1ccc(C)cn1. The second kappa shape index (κ2) is 8.99. The number of carbonyl (C=O) groups excluding carboxylic acids is 1. The molecule has 2 rings (SSSR count). The molecule has 6 nitrogen and oxygen atoms in total. The van der Waals surface area contributed by atoms with Crippen LogP contribution in [0.25, 0.3) is 0 Å². The molecule has 1 aromatic heterocycles. The lowest BCUT2D eigenvalue weighted by atomic mass is 10.1. The second-order valence-corrected chi connectivity index (χ2v) is 6.80. The highest BCUT2D eigenvalue weighted by Gasteiger charge is 2.23. The van der Waals surface area contributed by atoms with Gasteiger partial charge in [-0.15, -0.1) is 0 Å². The summed E-state index contributed by atoms with van der Waals surface area (Å²) in [5.41, 5.74) is 2.06. The number of nitrogens with zero attached hydrogens (tertiary/aromatic N) is 4.